The van der Waals surface area contributed by atoms with Gasteiger partial charge in [-0.1, -0.05) is 44.2 Å². The first-order chi connectivity index (χ1) is 12.2. The Kier molecular flexibility index (Phi) is 5.93. The molecule has 0 heterocycles. The van der Waals surface area contributed by atoms with E-state index in [2.05, 4.69) is 13.8 Å². The Labute approximate surface area is 155 Å². The number of benzene rings is 3. The second-order valence-electron chi connectivity index (χ2n) is 6.99. The van der Waals surface area contributed by atoms with E-state index < -0.39 is 0 Å². The summed E-state index contributed by atoms with van der Waals surface area (Å²) in [5.74, 6) is 0.892. The Hall–Kier alpha value is -2.94. The number of hydrogen-bond acceptors (Lipinski definition) is 3. The molecule has 0 saturated carbocycles. The topological polar surface area (TPSA) is 60.7 Å². The van der Waals surface area contributed by atoms with Crippen LogP contribution in [-0.4, -0.2) is 15.3 Å². The van der Waals surface area contributed by atoms with Crippen molar-refractivity contribution in [1.82, 2.24) is 0 Å². The lowest BCUT2D eigenvalue weighted by Gasteiger charge is -2.26. The van der Waals surface area contributed by atoms with Crippen LogP contribution in [0, 0.1) is 13.8 Å². The quantitative estimate of drug-likeness (QED) is 0.577. The average molecular weight is 350 g/mol. The monoisotopic (exact) mass is 350 g/mol. The molecule has 0 aromatic heterocycles. The second-order valence-corrected chi connectivity index (χ2v) is 6.99. The maximum absolute atomic E-state index is 9.30. The van der Waals surface area contributed by atoms with Crippen LogP contribution in [0.1, 0.15) is 36.1 Å². The van der Waals surface area contributed by atoms with Crippen molar-refractivity contribution in [3.05, 3.63) is 89.0 Å². The maximum atomic E-state index is 9.30. The normalized spacial score (nSPS) is 10.8. The summed E-state index contributed by atoms with van der Waals surface area (Å²) >= 11 is 0. The molecule has 0 radical (unpaired) electrons. The zero-order chi connectivity index (χ0) is 19.3. The number of aryl methyl sites for hydroxylation is 2. The lowest BCUT2D eigenvalue weighted by Crippen LogP contribution is -2.18. The largest absolute Gasteiger partial charge is 0.508 e. The first kappa shape index (κ1) is 19.4. The van der Waals surface area contributed by atoms with Crippen molar-refractivity contribution in [2.75, 3.05) is 0 Å². The van der Waals surface area contributed by atoms with Gasteiger partial charge in [0.05, 0.1) is 0 Å². The fourth-order valence-electron chi connectivity index (χ4n) is 2.65. The Morgan fingerprint density at radius 1 is 0.538 bits per heavy atom. The summed E-state index contributed by atoms with van der Waals surface area (Å²) in [5, 5.41) is 27.5. The van der Waals surface area contributed by atoms with Gasteiger partial charge >= 0.3 is 0 Å². The van der Waals surface area contributed by atoms with Crippen molar-refractivity contribution in [2.45, 2.75) is 33.1 Å². The molecule has 26 heavy (non-hydrogen) atoms. The third-order valence-corrected chi connectivity index (χ3v) is 4.67. The lowest BCUT2D eigenvalue weighted by molar-refractivity contribution is 0.473. The molecule has 0 fully saturated rings. The average Bonchev–Trinajstić information content (AvgIpc) is 2.60. The fraction of sp³-hybridized carbons (Fsp3) is 0.217. The lowest BCUT2D eigenvalue weighted by atomic mass is 9.78. The molecular weight excluding hydrogens is 324 g/mol. The molecule has 0 aliphatic carbocycles. The van der Waals surface area contributed by atoms with Crippen molar-refractivity contribution in [3.8, 4) is 17.2 Å². The highest BCUT2D eigenvalue weighted by atomic mass is 16.3. The third-order valence-electron chi connectivity index (χ3n) is 4.67. The molecule has 3 N–H and O–H groups in total. The fourth-order valence-corrected chi connectivity index (χ4v) is 2.65. The Balaban J connectivity index is 0.000000228. The van der Waals surface area contributed by atoms with Crippen LogP contribution in [0.2, 0.25) is 0 Å². The summed E-state index contributed by atoms with van der Waals surface area (Å²) in [4.78, 5) is 0. The van der Waals surface area contributed by atoms with E-state index in [1.165, 1.54) is 5.56 Å². The van der Waals surface area contributed by atoms with E-state index in [4.69, 9.17) is 5.11 Å². The van der Waals surface area contributed by atoms with E-state index >= 15 is 0 Å². The van der Waals surface area contributed by atoms with Crippen molar-refractivity contribution < 1.29 is 15.3 Å². The van der Waals surface area contributed by atoms with Crippen LogP contribution < -0.4 is 0 Å². The first-order valence-corrected chi connectivity index (χ1v) is 8.55. The van der Waals surface area contributed by atoms with Gasteiger partial charge in [0.1, 0.15) is 17.2 Å². The van der Waals surface area contributed by atoms with Gasteiger partial charge in [0.2, 0.25) is 0 Å². The van der Waals surface area contributed by atoms with Crippen LogP contribution in [0.15, 0.2) is 66.7 Å². The minimum atomic E-state index is -0.151. The zero-order valence-corrected chi connectivity index (χ0v) is 15.7. The number of rotatable bonds is 2. The molecule has 0 atom stereocenters. The van der Waals surface area contributed by atoms with Crippen LogP contribution in [0.25, 0.3) is 0 Å². The number of hydrogen-bond donors (Lipinski definition) is 3. The summed E-state index contributed by atoms with van der Waals surface area (Å²) in [7, 11) is 0. The molecule has 3 rings (SSSR count). The van der Waals surface area contributed by atoms with Crippen molar-refractivity contribution >= 4 is 0 Å². The summed E-state index contributed by atoms with van der Waals surface area (Å²) in [6.45, 7) is 8.24. The molecule has 3 heteroatoms. The molecule has 0 amide bonds. The molecule has 3 aromatic rings. The van der Waals surface area contributed by atoms with E-state index in [-0.39, 0.29) is 16.9 Å². The predicted molar refractivity (Wildman–Crippen MR) is 106 cm³/mol. The molecule has 0 unspecified atom stereocenters. The molecule has 0 spiro atoms. The third kappa shape index (κ3) is 4.79. The van der Waals surface area contributed by atoms with E-state index in [0.29, 0.717) is 5.75 Å². The van der Waals surface area contributed by atoms with Crippen LogP contribution >= 0.6 is 0 Å². The molecule has 3 nitrogen and oxygen atoms in total. The second kappa shape index (κ2) is 7.96. The van der Waals surface area contributed by atoms with Crippen molar-refractivity contribution in [2.24, 2.45) is 0 Å². The van der Waals surface area contributed by atoms with E-state index in [1.54, 1.807) is 36.4 Å². The van der Waals surface area contributed by atoms with Gasteiger partial charge in [-0.15, -0.1) is 0 Å². The number of aromatic hydroxyl groups is 3. The minimum Gasteiger partial charge on any atom is -0.508 e. The van der Waals surface area contributed by atoms with Crippen LogP contribution in [-0.2, 0) is 5.41 Å². The minimum absolute atomic E-state index is 0.151. The smallest absolute Gasteiger partial charge is 0.115 e. The standard InChI is InChI=1S/C15H16O2.C8H10O/c1-15(2,11-3-7-13(16)8-4-11)12-5-9-14(17)10-6-12;1-6-3-4-8(9)5-7(6)2/h3-10,16-17H,1-2H3;3-5,9H,1-2H3. The van der Waals surface area contributed by atoms with E-state index in [0.717, 1.165) is 16.7 Å². The van der Waals surface area contributed by atoms with Gasteiger partial charge in [-0.05, 0) is 72.5 Å². The van der Waals surface area contributed by atoms with Gasteiger partial charge < -0.3 is 15.3 Å². The van der Waals surface area contributed by atoms with Gasteiger partial charge in [-0.25, -0.2) is 0 Å². The van der Waals surface area contributed by atoms with Crippen LogP contribution in [0.5, 0.6) is 17.2 Å². The number of phenols is 3. The Morgan fingerprint density at radius 3 is 1.27 bits per heavy atom. The summed E-state index contributed by atoms with van der Waals surface area (Å²) in [5.41, 5.74) is 4.45. The Morgan fingerprint density at radius 2 is 0.923 bits per heavy atom. The van der Waals surface area contributed by atoms with Gasteiger partial charge in [0.15, 0.2) is 0 Å². The van der Waals surface area contributed by atoms with Crippen molar-refractivity contribution in [3.63, 3.8) is 0 Å². The van der Waals surface area contributed by atoms with Crippen LogP contribution in [0.4, 0.5) is 0 Å². The highest BCUT2D eigenvalue weighted by Gasteiger charge is 2.22. The summed E-state index contributed by atoms with van der Waals surface area (Å²) < 4.78 is 0. The Bertz CT molecular complexity index is 800. The first-order valence-electron chi connectivity index (χ1n) is 8.55. The van der Waals surface area contributed by atoms with Gasteiger partial charge in [0, 0.05) is 5.41 Å². The van der Waals surface area contributed by atoms with E-state index in [1.807, 2.05) is 44.2 Å². The maximum Gasteiger partial charge on any atom is 0.115 e. The highest BCUT2D eigenvalue weighted by molar-refractivity contribution is 5.41. The van der Waals surface area contributed by atoms with E-state index in [9.17, 15) is 10.2 Å². The predicted octanol–water partition coefficient (Wildman–Crippen LogP) is 5.43. The molecule has 0 bridgehead atoms. The van der Waals surface area contributed by atoms with Gasteiger partial charge in [-0.3, -0.25) is 0 Å². The molecule has 0 aliphatic heterocycles. The zero-order valence-electron chi connectivity index (χ0n) is 15.7. The molecular formula is C23H26O3. The van der Waals surface area contributed by atoms with Crippen molar-refractivity contribution in [1.29, 1.82) is 0 Å². The van der Waals surface area contributed by atoms with Crippen LogP contribution in [0.3, 0.4) is 0 Å². The highest BCUT2D eigenvalue weighted by Crippen LogP contribution is 2.32. The molecule has 136 valence electrons. The molecule has 0 saturated heterocycles. The van der Waals surface area contributed by atoms with Gasteiger partial charge in [-0.2, -0.15) is 0 Å². The number of phenolic OH excluding ortho intramolecular Hbond substituents is 3. The van der Waals surface area contributed by atoms with Gasteiger partial charge in [0.25, 0.3) is 0 Å². The SMILES string of the molecule is CC(C)(c1ccc(O)cc1)c1ccc(O)cc1.Cc1ccc(O)cc1C. The summed E-state index contributed by atoms with van der Waals surface area (Å²) in [6.07, 6.45) is 0. The summed E-state index contributed by atoms with van der Waals surface area (Å²) in [6, 6.07) is 19.8. The molecule has 3 aromatic carbocycles. The molecule has 0 aliphatic rings.